The van der Waals surface area contributed by atoms with Crippen LogP contribution in [0.1, 0.15) is 22.6 Å². The number of halogens is 1. The van der Waals surface area contributed by atoms with Gasteiger partial charge in [0.1, 0.15) is 5.92 Å². The van der Waals surface area contributed by atoms with Gasteiger partial charge < -0.3 is 15.7 Å². The van der Waals surface area contributed by atoms with Crippen LogP contribution in [-0.4, -0.2) is 16.9 Å². The Morgan fingerprint density at radius 3 is 2.61 bits per heavy atom. The third-order valence-corrected chi connectivity index (χ3v) is 4.94. The van der Waals surface area contributed by atoms with Gasteiger partial charge in [0.25, 0.3) is 5.91 Å². The van der Waals surface area contributed by atoms with Crippen LogP contribution in [0, 0.1) is 6.92 Å². The van der Waals surface area contributed by atoms with Gasteiger partial charge in [-0.3, -0.25) is 9.59 Å². The molecule has 2 heterocycles. The van der Waals surface area contributed by atoms with Crippen molar-refractivity contribution in [1.29, 1.82) is 0 Å². The summed E-state index contributed by atoms with van der Waals surface area (Å²) in [7, 11) is 0. The first-order chi connectivity index (χ1) is 10.9. The van der Waals surface area contributed by atoms with E-state index in [1.54, 1.807) is 30.3 Å². The molecule has 3 N–H and O–H groups in total. The largest absolute Gasteiger partial charge is 0.374 e. The maximum Gasteiger partial charge on any atom is 0.262 e. The van der Waals surface area contributed by atoms with Crippen LogP contribution in [0.5, 0.6) is 0 Å². The molecule has 6 heteroatoms. The highest BCUT2D eigenvalue weighted by Crippen LogP contribution is 2.50. The topological polar surface area (TPSA) is 78.4 Å². The van der Waals surface area contributed by atoms with Gasteiger partial charge in [-0.05, 0) is 36.8 Å². The number of fused-ring (bicyclic) bond motifs is 2. The maximum absolute atomic E-state index is 12.5. The second kappa shape index (κ2) is 4.66. The lowest BCUT2D eigenvalue weighted by Crippen LogP contribution is -2.43. The van der Waals surface area contributed by atoms with Gasteiger partial charge in [0.05, 0.1) is 0 Å². The molecule has 2 amide bonds. The molecule has 0 saturated heterocycles. The number of amides is 2. The van der Waals surface area contributed by atoms with Crippen LogP contribution >= 0.6 is 15.9 Å². The Morgan fingerprint density at radius 1 is 1.09 bits per heavy atom. The zero-order valence-electron chi connectivity index (χ0n) is 12.2. The molecule has 23 heavy (non-hydrogen) atoms. The molecule has 116 valence electrons. The molecular weight excluding hydrogens is 360 g/mol. The van der Waals surface area contributed by atoms with E-state index in [1.807, 2.05) is 13.0 Å². The Hall–Kier alpha value is -2.18. The van der Waals surface area contributed by atoms with Crippen molar-refractivity contribution in [2.45, 2.75) is 18.4 Å². The first kappa shape index (κ1) is 14.4. The molecular formula is C17H13BrN2O3. The molecule has 4 rings (SSSR count). The molecule has 2 aromatic rings. The number of carbonyl (C=O) groups is 2. The van der Waals surface area contributed by atoms with Crippen molar-refractivity contribution in [3.63, 3.8) is 0 Å². The van der Waals surface area contributed by atoms with Gasteiger partial charge >= 0.3 is 0 Å². The minimum Gasteiger partial charge on any atom is -0.374 e. The second-order valence-corrected chi connectivity index (χ2v) is 6.84. The van der Waals surface area contributed by atoms with Crippen molar-refractivity contribution in [1.82, 2.24) is 0 Å². The van der Waals surface area contributed by atoms with E-state index in [0.717, 1.165) is 10.0 Å². The number of aliphatic hydroxyl groups is 1. The van der Waals surface area contributed by atoms with E-state index in [1.165, 1.54) is 0 Å². The summed E-state index contributed by atoms with van der Waals surface area (Å²) in [5.74, 6) is -1.95. The van der Waals surface area contributed by atoms with Crippen LogP contribution in [0.3, 0.4) is 0 Å². The van der Waals surface area contributed by atoms with E-state index in [-0.39, 0.29) is 5.91 Å². The van der Waals surface area contributed by atoms with E-state index in [2.05, 4.69) is 26.6 Å². The Kier molecular flexibility index (Phi) is 2.92. The summed E-state index contributed by atoms with van der Waals surface area (Å²) in [6.07, 6.45) is 0. The summed E-state index contributed by atoms with van der Waals surface area (Å²) >= 11 is 3.38. The van der Waals surface area contributed by atoms with Gasteiger partial charge in [-0.15, -0.1) is 0 Å². The third-order valence-electron chi connectivity index (χ3n) is 4.44. The third kappa shape index (κ3) is 1.88. The molecule has 2 aliphatic rings. The smallest absolute Gasteiger partial charge is 0.262 e. The van der Waals surface area contributed by atoms with E-state index < -0.39 is 17.4 Å². The lowest BCUT2D eigenvalue weighted by molar-refractivity contribution is -0.141. The SMILES string of the molecule is Cc1ccc2c(c1)C(O)(C1C(=O)Nc3ccc(Br)cc31)C(=O)N2. The van der Waals surface area contributed by atoms with Crippen molar-refractivity contribution in [2.24, 2.45) is 0 Å². The minimum absolute atomic E-state index is 0.384. The molecule has 0 fully saturated rings. The molecule has 0 aromatic heterocycles. The van der Waals surface area contributed by atoms with Gasteiger partial charge in [-0.1, -0.05) is 33.6 Å². The summed E-state index contributed by atoms with van der Waals surface area (Å²) in [4.78, 5) is 25.0. The summed E-state index contributed by atoms with van der Waals surface area (Å²) in [6.45, 7) is 1.88. The zero-order valence-corrected chi connectivity index (χ0v) is 13.8. The molecule has 0 spiro atoms. The van der Waals surface area contributed by atoms with Crippen LogP contribution < -0.4 is 10.6 Å². The molecule has 2 unspecified atom stereocenters. The van der Waals surface area contributed by atoms with Gasteiger partial charge in [-0.25, -0.2) is 0 Å². The predicted molar refractivity (Wildman–Crippen MR) is 89.2 cm³/mol. The zero-order chi connectivity index (χ0) is 16.4. The highest BCUT2D eigenvalue weighted by molar-refractivity contribution is 9.10. The van der Waals surface area contributed by atoms with Crippen LogP contribution in [0.15, 0.2) is 40.9 Å². The van der Waals surface area contributed by atoms with Crippen LogP contribution in [0.25, 0.3) is 0 Å². The molecule has 2 atom stereocenters. The van der Waals surface area contributed by atoms with Crippen molar-refractivity contribution in [2.75, 3.05) is 10.6 Å². The number of aryl methyl sites for hydroxylation is 1. The van der Waals surface area contributed by atoms with Gasteiger partial charge in [0.15, 0.2) is 5.60 Å². The maximum atomic E-state index is 12.5. The Morgan fingerprint density at radius 2 is 1.83 bits per heavy atom. The summed E-state index contributed by atoms with van der Waals surface area (Å²) in [5.41, 5.74) is 1.19. The number of benzene rings is 2. The van der Waals surface area contributed by atoms with Crippen LogP contribution in [0.4, 0.5) is 11.4 Å². The predicted octanol–water partition coefficient (Wildman–Crippen LogP) is 2.63. The van der Waals surface area contributed by atoms with Gasteiger partial charge in [0, 0.05) is 21.4 Å². The number of carbonyl (C=O) groups excluding carboxylic acids is 2. The number of rotatable bonds is 1. The summed E-state index contributed by atoms with van der Waals surface area (Å²) in [5, 5.41) is 16.7. The van der Waals surface area contributed by atoms with Crippen LogP contribution in [0.2, 0.25) is 0 Å². The van der Waals surface area contributed by atoms with Crippen molar-refractivity contribution in [3.05, 3.63) is 57.6 Å². The monoisotopic (exact) mass is 372 g/mol. The second-order valence-electron chi connectivity index (χ2n) is 5.92. The van der Waals surface area contributed by atoms with E-state index >= 15 is 0 Å². The van der Waals surface area contributed by atoms with Crippen molar-refractivity contribution in [3.8, 4) is 0 Å². The van der Waals surface area contributed by atoms with Crippen molar-refractivity contribution >= 4 is 39.1 Å². The molecule has 0 bridgehead atoms. The van der Waals surface area contributed by atoms with Crippen LogP contribution in [-0.2, 0) is 15.2 Å². The molecule has 2 aliphatic heterocycles. The summed E-state index contributed by atoms with van der Waals surface area (Å²) in [6, 6.07) is 10.7. The lowest BCUT2D eigenvalue weighted by atomic mass is 9.78. The fourth-order valence-corrected chi connectivity index (χ4v) is 3.73. The fraction of sp³-hybridized carbons (Fsp3) is 0.176. The number of hydrogen-bond donors (Lipinski definition) is 3. The lowest BCUT2D eigenvalue weighted by Gasteiger charge is -2.27. The quantitative estimate of drug-likeness (QED) is 0.719. The molecule has 2 aromatic carbocycles. The molecule has 0 saturated carbocycles. The highest BCUT2D eigenvalue weighted by atomic mass is 79.9. The first-order valence-corrected chi connectivity index (χ1v) is 7.96. The number of nitrogens with one attached hydrogen (secondary N) is 2. The van der Waals surface area contributed by atoms with E-state index in [4.69, 9.17) is 0 Å². The molecule has 0 radical (unpaired) electrons. The Labute approximate surface area is 140 Å². The number of anilines is 2. The standard InChI is InChI=1S/C17H13BrN2O3/c1-8-2-4-13-11(6-8)17(23,16(22)20-13)14-10-7-9(18)3-5-12(10)19-15(14)21/h2-7,14,23H,1H3,(H,19,21)(H,20,22). The normalized spacial score (nSPS) is 24.9. The molecule has 5 nitrogen and oxygen atoms in total. The van der Waals surface area contributed by atoms with Gasteiger partial charge in [0.2, 0.25) is 5.91 Å². The summed E-state index contributed by atoms with van der Waals surface area (Å²) < 4.78 is 0.782. The Balaban J connectivity index is 1.95. The Bertz CT molecular complexity index is 880. The molecule has 0 aliphatic carbocycles. The highest BCUT2D eigenvalue weighted by Gasteiger charge is 2.57. The van der Waals surface area contributed by atoms with E-state index in [9.17, 15) is 14.7 Å². The minimum atomic E-state index is -1.92. The van der Waals surface area contributed by atoms with Crippen molar-refractivity contribution < 1.29 is 14.7 Å². The average molecular weight is 373 g/mol. The van der Waals surface area contributed by atoms with E-state index in [0.29, 0.717) is 22.5 Å². The first-order valence-electron chi connectivity index (χ1n) is 7.16. The fourth-order valence-electron chi connectivity index (χ4n) is 3.36. The van der Waals surface area contributed by atoms with Gasteiger partial charge in [-0.2, -0.15) is 0 Å². The number of hydrogen-bond acceptors (Lipinski definition) is 3. The average Bonchev–Trinajstić information content (AvgIpc) is 2.95.